The molecule has 2 aromatic rings. The van der Waals surface area contributed by atoms with Gasteiger partial charge in [-0.2, -0.15) is 13.2 Å². The minimum Gasteiger partial charge on any atom is -0.328 e. The molecule has 9 heteroatoms. The van der Waals surface area contributed by atoms with Crippen LogP contribution in [0.4, 0.5) is 24.5 Å². The van der Waals surface area contributed by atoms with Gasteiger partial charge in [0.15, 0.2) is 0 Å². The first kappa shape index (κ1) is 22.8. The van der Waals surface area contributed by atoms with Crippen molar-refractivity contribution in [3.05, 3.63) is 58.7 Å². The van der Waals surface area contributed by atoms with E-state index in [1.54, 1.807) is 12.1 Å². The molecule has 0 unspecified atom stereocenters. The van der Waals surface area contributed by atoms with Crippen molar-refractivity contribution in [1.82, 2.24) is 9.80 Å². The third-order valence-corrected chi connectivity index (χ3v) is 5.85. The van der Waals surface area contributed by atoms with E-state index >= 15 is 0 Å². The van der Waals surface area contributed by atoms with Crippen LogP contribution in [0, 0.1) is 6.92 Å². The smallest absolute Gasteiger partial charge is 0.328 e. The minimum atomic E-state index is -4.53. The molecule has 0 aliphatic carbocycles. The van der Waals surface area contributed by atoms with Crippen molar-refractivity contribution >= 4 is 40.1 Å². The number of hydrogen-bond acceptors (Lipinski definition) is 4. The molecule has 0 aromatic heterocycles. The molecule has 2 N–H and O–H groups in total. The maximum Gasteiger partial charge on any atom is 0.416 e. The molecule has 1 aliphatic rings. The van der Waals surface area contributed by atoms with Crippen LogP contribution in [-0.4, -0.2) is 48.9 Å². The van der Waals surface area contributed by atoms with E-state index in [4.69, 9.17) is 0 Å². The lowest BCUT2D eigenvalue weighted by Crippen LogP contribution is -2.44. The molecule has 1 aliphatic heterocycles. The first-order valence-corrected chi connectivity index (χ1v) is 10.6. The second-order valence-corrected chi connectivity index (χ2v) is 8.07. The third-order valence-electron chi connectivity index (χ3n) is 5.26. The van der Waals surface area contributed by atoms with Gasteiger partial charge in [0, 0.05) is 49.7 Å². The summed E-state index contributed by atoms with van der Waals surface area (Å²) in [7, 11) is 2.00. The topological polar surface area (TPSA) is 47.6 Å². The number of rotatable bonds is 5. The zero-order valence-corrected chi connectivity index (χ0v) is 19.0. The Morgan fingerprint density at radius 2 is 1.80 bits per heavy atom. The van der Waals surface area contributed by atoms with Crippen molar-refractivity contribution in [3.8, 4) is 0 Å². The molecular weight excluding hydrogens is 508 g/mol. The molecular formula is C21H24F3IN4O. The van der Waals surface area contributed by atoms with Crippen LogP contribution in [0.1, 0.15) is 27.0 Å². The first-order valence-electron chi connectivity index (χ1n) is 9.57. The van der Waals surface area contributed by atoms with Crippen molar-refractivity contribution in [3.63, 3.8) is 0 Å². The average molecular weight is 532 g/mol. The zero-order valence-electron chi connectivity index (χ0n) is 16.8. The number of piperazine rings is 1. The Kier molecular flexibility index (Phi) is 7.25. The van der Waals surface area contributed by atoms with Gasteiger partial charge in [-0.05, 0) is 49.4 Å². The quantitative estimate of drug-likeness (QED) is 0.430. The second-order valence-electron chi connectivity index (χ2n) is 7.53. The Hall–Kier alpha value is -1.85. The Labute approximate surface area is 188 Å². The molecule has 0 bridgehead atoms. The van der Waals surface area contributed by atoms with Gasteiger partial charge < -0.3 is 13.7 Å². The van der Waals surface area contributed by atoms with Gasteiger partial charge in [-0.3, -0.25) is 9.69 Å². The molecule has 1 amide bonds. The summed E-state index contributed by atoms with van der Waals surface area (Å²) in [6.07, 6.45) is -4.53. The Morgan fingerprint density at radius 3 is 2.43 bits per heavy atom. The van der Waals surface area contributed by atoms with Crippen LogP contribution in [-0.2, 0) is 12.7 Å². The number of alkyl halides is 3. The Balaban J connectivity index is 1.81. The molecule has 1 saturated heterocycles. The van der Waals surface area contributed by atoms with Crippen molar-refractivity contribution in [2.45, 2.75) is 19.6 Å². The number of halogens is 4. The van der Waals surface area contributed by atoms with E-state index in [1.807, 2.05) is 47.8 Å². The molecule has 0 radical (unpaired) electrons. The highest BCUT2D eigenvalue weighted by Gasteiger charge is 2.34. The molecule has 30 heavy (non-hydrogen) atoms. The van der Waals surface area contributed by atoms with E-state index in [0.29, 0.717) is 5.69 Å². The van der Waals surface area contributed by atoms with E-state index in [0.717, 1.165) is 43.5 Å². The summed E-state index contributed by atoms with van der Waals surface area (Å²) in [6, 6.07) is 9.12. The molecule has 2 aromatic carbocycles. The third kappa shape index (κ3) is 5.64. The van der Waals surface area contributed by atoms with Crippen LogP contribution in [0.25, 0.3) is 0 Å². The molecule has 3 rings (SSSR count). The monoisotopic (exact) mass is 532 g/mol. The summed E-state index contributed by atoms with van der Waals surface area (Å²) in [5, 5.41) is 2.68. The van der Waals surface area contributed by atoms with Crippen molar-refractivity contribution in [2.24, 2.45) is 0 Å². The SMILES string of the molecule is Cc1ccc(NC(=O)c2ccc(CN3CCN(C)CC3)c(C(F)(F)F)c2)cc1NI. The predicted molar refractivity (Wildman–Crippen MR) is 121 cm³/mol. The summed E-state index contributed by atoms with van der Waals surface area (Å²) < 4.78 is 44.1. The molecule has 5 nitrogen and oxygen atoms in total. The maximum atomic E-state index is 13.7. The number of amides is 1. The van der Waals surface area contributed by atoms with Gasteiger partial charge in [-0.15, -0.1) is 0 Å². The summed E-state index contributed by atoms with van der Waals surface area (Å²) >= 11 is 1.99. The largest absolute Gasteiger partial charge is 0.416 e. The number of anilines is 2. The van der Waals surface area contributed by atoms with Crippen LogP contribution >= 0.6 is 22.9 Å². The van der Waals surface area contributed by atoms with Crippen molar-refractivity contribution < 1.29 is 18.0 Å². The van der Waals surface area contributed by atoms with E-state index in [1.165, 1.54) is 12.1 Å². The zero-order chi connectivity index (χ0) is 21.9. The highest BCUT2D eigenvalue weighted by atomic mass is 127. The van der Waals surface area contributed by atoms with Gasteiger partial charge in [0.2, 0.25) is 0 Å². The standard InChI is InChI=1S/C21H24F3IN4O/c1-14-3-6-17(12-19(14)27-25)26-20(30)15-4-5-16(18(11-15)21(22,23)24)13-29-9-7-28(2)8-10-29/h3-6,11-12,27H,7-10,13H2,1-2H3,(H,26,30). The summed E-state index contributed by atoms with van der Waals surface area (Å²) in [6.45, 7) is 5.22. The lowest BCUT2D eigenvalue weighted by molar-refractivity contribution is -0.138. The van der Waals surface area contributed by atoms with E-state index in [9.17, 15) is 18.0 Å². The van der Waals surface area contributed by atoms with E-state index < -0.39 is 17.6 Å². The number of nitrogens with one attached hydrogen (secondary N) is 2. The molecule has 1 heterocycles. The van der Waals surface area contributed by atoms with Crippen molar-refractivity contribution in [1.29, 1.82) is 0 Å². The number of nitrogens with zero attached hydrogens (tertiary/aromatic N) is 2. The maximum absolute atomic E-state index is 13.7. The van der Waals surface area contributed by atoms with Crippen molar-refractivity contribution in [2.75, 3.05) is 42.1 Å². The number of hydrogen-bond donors (Lipinski definition) is 2. The first-order chi connectivity index (χ1) is 14.2. The van der Waals surface area contributed by atoms with Crippen LogP contribution in [0.2, 0.25) is 0 Å². The average Bonchev–Trinajstić information content (AvgIpc) is 2.70. The number of carbonyl (C=O) groups is 1. The van der Waals surface area contributed by atoms with Gasteiger partial charge in [0.25, 0.3) is 5.91 Å². The van der Waals surface area contributed by atoms with E-state index in [-0.39, 0.29) is 17.7 Å². The van der Waals surface area contributed by atoms with Crippen LogP contribution < -0.4 is 8.85 Å². The predicted octanol–water partition coefficient (Wildman–Crippen LogP) is 4.78. The number of carbonyl (C=O) groups excluding carboxylic acids is 1. The fourth-order valence-electron chi connectivity index (χ4n) is 3.37. The molecule has 0 atom stereocenters. The fourth-order valence-corrected chi connectivity index (χ4v) is 3.95. The fraction of sp³-hybridized carbons (Fsp3) is 0.381. The van der Waals surface area contributed by atoms with E-state index in [2.05, 4.69) is 13.7 Å². The number of likely N-dealkylation sites (N-methyl/N-ethyl adjacent to an activating group) is 1. The Bertz CT molecular complexity index is 912. The van der Waals surface area contributed by atoms with Gasteiger partial charge in [0.1, 0.15) is 0 Å². The molecule has 0 spiro atoms. The summed E-state index contributed by atoms with van der Waals surface area (Å²) in [4.78, 5) is 16.8. The highest BCUT2D eigenvalue weighted by Crippen LogP contribution is 2.34. The highest BCUT2D eigenvalue weighted by molar-refractivity contribution is 14.1. The van der Waals surface area contributed by atoms with Crippen LogP contribution in [0.3, 0.4) is 0 Å². The molecule has 162 valence electrons. The minimum absolute atomic E-state index is 0.0194. The van der Waals surface area contributed by atoms with Crippen LogP contribution in [0.15, 0.2) is 36.4 Å². The second kappa shape index (κ2) is 9.52. The van der Waals surface area contributed by atoms with Gasteiger partial charge >= 0.3 is 6.18 Å². The molecule has 0 saturated carbocycles. The van der Waals surface area contributed by atoms with Gasteiger partial charge in [-0.25, -0.2) is 0 Å². The Morgan fingerprint density at radius 1 is 1.10 bits per heavy atom. The number of aryl methyl sites for hydroxylation is 1. The lowest BCUT2D eigenvalue weighted by atomic mass is 10.0. The summed E-state index contributed by atoms with van der Waals surface area (Å²) in [5.74, 6) is -0.574. The van der Waals surface area contributed by atoms with Gasteiger partial charge in [-0.1, -0.05) is 12.1 Å². The summed E-state index contributed by atoms with van der Waals surface area (Å²) in [5.41, 5.74) is 1.75. The normalized spacial score (nSPS) is 15.8. The lowest BCUT2D eigenvalue weighted by Gasteiger charge is -2.33. The molecule has 1 fully saturated rings. The van der Waals surface area contributed by atoms with Crippen LogP contribution in [0.5, 0.6) is 0 Å². The number of benzene rings is 2. The van der Waals surface area contributed by atoms with Gasteiger partial charge in [0.05, 0.1) is 28.4 Å².